The van der Waals surface area contributed by atoms with Crippen molar-refractivity contribution in [2.75, 3.05) is 11.9 Å². The van der Waals surface area contributed by atoms with Gasteiger partial charge in [0.05, 0.1) is 6.04 Å². The van der Waals surface area contributed by atoms with Crippen LogP contribution in [0.4, 0.5) is 5.69 Å². The van der Waals surface area contributed by atoms with Crippen LogP contribution in [0.25, 0.3) is 0 Å². The molecule has 4 nitrogen and oxygen atoms in total. The maximum atomic E-state index is 11.9. The number of phenols is 1. The molecule has 0 spiro atoms. The quantitative estimate of drug-likeness (QED) is 0.684. The number of carbonyl (C=O) groups excluding carboxylic acids is 1. The number of hydrogen-bond acceptors (Lipinski definition) is 3. The first kappa shape index (κ1) is 11.9. The second-order valence-corrected chi connectivity index (χ2v) is 4.49. The molecule has 17 heavy (non-hydrogen) atoms. The van der Waals surface area contributed by atoms with E-state index in [-0.39, 0.29) is 17.7 Å². The number of rotatable bonds is 2. The molecule has 1 heterocycles. The number of benzene rings is 1. The smallest absolute Gasteiger partial charge is 0.241 e. The van der Waals surface area contributed by atoms with Crippen LogP contribution in [-0.4, -0.2) is 23.6 Å². The monoisotopic (exact) mass is 234 g/mol. The van der Waals surface area contributed by atoms with E-state index in [1.165, 1.54) is 0 Å². The Hall–Kier alpha value is -1.55. The van der Waals surface area contributed by atoms with Crippen LogP contribution in [0.2, 0.25) is 0 Å². The molecule has 1 atom stereocenters. The largest absolute Gasteiger partial charge is 0.508 e. The van der Waals surface area contributed by atoms with Crippen molar-refractivity contribution >= 4 is 11.6 Å². The average molecular weight is 234 g/mol. The fraction of sp³-hybridized carbons (Fsp3) is 0.462. The van der Waals surface area contributed by atoms with Gasteiger partial charge in [-0.25, -0.2) is 0 Å². The second-order valence-electron chi connectivity index (χ2n) is 4.49. The van der Waals surface area contributed by atoms with Gasteiger partial charge in [0, 0.05) is 5.69 Å². The molecule has 1 aromatic rings. The number of aryl methyl sites for hydroxylation is 1. The third-order valence-corrected chi connectivity index (χ3v) is 3.09. The molecule has 3 N–H and O–H groups in total. The van der Waals surface area contributed by atoms with Gasteiger partial charge in [0.15, 0.2) is 0 Å². The standard InChI is InChI=1S/C13H18N2O2/c1-9-8-10(5-6-12(9)16)15-13(17)11-4-2-3-7-14-11/h5-6,8,11,14,16H,2-4,7H2,1H3,(H,15,17)/t11-/m0/s1. The Kier molecular flexibility index (Phi) is 3.64. The van der Waals surface area contributed by atoms with Crippen LogP contribution in [0.15, 0.2) is 18.2 Å². The molecule has 0 aliphatic carbocycles. The average Bonchev–Trinajstić information content (AvgIpc) is 2.35. The van der Waals surface area contributed by atoms with Gasteiger partial charge in [0.25, 0.3) is 0 Å². The minimum absolute atomic E-state index is 0.00906. The van der Waals surface area contributed by atoms with E-state index in [1.807, 2.05) is 6.92 Å². The number of anilines is 1. The minimum Gasteiger partial charge on any atom is -0.508 e. The topological polar surface area (TPSA) is 61.4 Å². The van der Waals surface area contributed by atoms with Crippen molar-refractivity contribution in [3.05, 3.63) is 23.8 Å². The Balaban J connectivity index is 1.99. The van der Waals surface area contributed by atoms with Crippen molar-refractivity contribution in [2.45, 2.75) is 32.2 Å². The molecule has 1 aliphatic rings. The first-order valence-corrected chi connectivity index (χ1v) is 6.00. The van der Waals surface area contributed by atoms with Crippen LogP contribution in [0.3, 0.4) is 0 Å². The highest BCUT2D eigenvalue weighted by atomic mass is 16.3. The zero-order valence-corrected chi connectivity index (χ0v) is 9.99. The van der Waals surface area contributed by atoms with Crippen molar-refractivity contribution < 1.29 is 9.90 Å². The Labute approximate surface area is 101 Å². The molecule has 4 heteroatoms. The Morgan fingerprint density at radius 2 is 2.29 bits per heavy atom. The lowest BCUT2D eigenvalue weighted by atomic mass is 10.0. The number of aromatic hydroxyl groups is 1. The molecule has 1 amide bonds. The molecule has 0 radical (unpaired) electrons. The minimum atomic E-state index is -0.0853. The highest BCUT2D eigenvalue weighted by molar-refractivity contribution is 5.95. The van der Waals surface area contributed by atoms with Crippen molar-refractivity contribution in [1.29, 1.82) is 0 Å². The van der Waals surface area contributed by atoms with Crippen LogP contribution < -0.4 is 10.6 Å². The van der Waals surface area contributed by atoms with E-state index in [9.17, 15) is 9.90 Å². The molecule has 1 aromatic carbocycles. The van der Waals surface area contributed by atoms with E-state index in [1.54, 1.807) is 18.2 Å². The van der Waals surface area contributed by atoms with Crippen molar-refractivity contribution in [3.63, 3.8) is 0 Å². The van der Waals surface area contributed by atoms with Crippen molar-refractivity contribution in [1.82, 2.24) is 5.32 Å². The second kappa shape index (κ2) is 5.19. The summed E-state index contributed by atoms with van der Waals surface area (Å²) in [5.74, 6) is 0.258. The number of hydrogen-bond donors (Lipinski definition) is 3. The first-order valence-electron chi connectivity index (χ1n) is 6.00. The third kappa shape index (κ3) is 2.97. The van der Waals surface area contributed by atoms with Gasteiger partial charge >= 0.3 is 0 Å². The van der Waals surface area contributed by atoms with E-state index >= 15 is 0 Å². The number of piperidine rings is 1. The highest BCUT2D eigenvalue weighted by Gasteiger charge is 2.20. The van der Waals surface area contributed by atoms with Gasteiger partial charge in [0.2, 0.25) is 5.91 Å². The van der Waals surface area contributed by atoms with Crippen molar-refractivity contribution in [2.24, 2.45) is 0 Å². The van der Waals surface area contributed by atoms with E-state index in [2.05, 4.69) is 10.6 Å². The zero-order valence-electron chi connectivity index (χ0n) is 9.99. The number of carbonyl (C=O) groups is 1. The van der Waals surface area contributed by atoms with Gasteiger partial charge in [-0.05, 0) is 50.1 Å². The van der Waals surface area contributed by atoms with Crippen LogP contribution in [-0.2, 0) is 4.79 Å². The summed E-state index contributed by atoms with van der Waals surface area (Å²) in [6.45, 7) is 2.72. The fourth-order valence-corrected chi connectivity index (χ4v) is 2.04. The summed E-state index contributed by atoms with van der Waals surface area (Å²) in [7, 11) is 0. The summed E-state index contributed by atoms with van der Waals surface area (Å²) in [4.78, 5) is 11.9. The van der Waals surface area contributed by atoms with Crippen molar-refractivity contribution in [3.8, 4) is 5.75 Å². The normalized spacial score (nSPS) is 19.9. The van der Waals surface area contributed by atoms with Gasteiger partial charge in [-0.1, -0.05) is 6.42 Å². The van der Waals surface area contributed by atoms with E-state index in [0.717, 1.165) is 37.1 Å². The molecule has 92 valence electrons. The predicted octanol–water partition coefficient (Wildman–Crippen LogP) is 1.78. The maximum absolute atomic E-state index is 11.9. The number of nitrogens with one attached hydrogen (secondary N) is 2. The molecule has 0 saturated carbocycles. The Morgan fingerprint density at radius 1 is 1.47 bits per heavy atom. The summed E-state index contributed by atoms with van der Waals surface area (Å²) in [5, 5.41) is 15.5. The SMILES string of the molecule is Cc1cc(NC(=O)[C@@H]2CCCCN2)ccc1O. The van der Waals surface area contributed by atoms with E-state index in [4.69, 9.17) is 0 Å². The lowest BCUT2D eigenvalue weighted by molar-refractivity contribution is -0.118. The molecule has 1 saturated heterocycles. The summed E-state index contributed by atoms with van der Waals surface area (Å²) < 4.78 is 0. The molecule has 0 bridgehead atoms. The molecular formula is C13H18N2O2. The van der Waals surface area contributed by atoms with Gasteiger partial charge in [-0.3, -0.25) is 4.79 Å². The lowest BCUT2D eigenvalue weighted by Gasteiger charge is -2.22. The molecule has 1 fully saturated rings. The van der Waals surface area contributed by atoms with Gasteiger partial charge in [-0.15, -0.1) is 0 Å². The highest BCUT2D eigenvalue weighted by Crippen LogP contribution is 2.20. The predicted molar refractivity (Wildman–Crippen MR) is 67.1 cm³/mol. The maximum Gasteiger partial charge on any atom is 0.241 e. The van der Waals surface area contributed by atoms with Gasteiger partial charge < -0.3 is 15.7 Å². The molecule has 0 aromatic heterocycles. The van der Waals surface area contributed by atoms with Crippen LogP contribution >= 0.6 is 0 Å². The van der Waals surface area contributed by atoms with Crippen LogP contribution in [0.5, 0.6) is 5.75 Å². The van der Waals surface area contributed by atoms with Gasteiger partial charge in [0.1, 0.15) is 5.75 Å². The first-order chi connectivity index (χ1) is 8.16. The van der Waals surface area contributed by atoms with Gasteiger partial charge in [-0.2, -0.15) is 0 Å². The zero-order chi connectivity index (χ0) is 12.3. The molecular weight excluding hydrogens is 216 g/mol. The lowest BCUT2D eigenvalue weighted by Crippen LogP contribution is -2.43. The summed E-state index contributed by atoms with van der Waals surface area (Å²) in [6.07, 6.45) is 3.13. The van der Waals surface area contributed by atoms with E-state index < -0.39 is 0 Å². The van der Waals surface area contributed by atoms with E-state index in [0.29, 0.717) is 0 Å². The number of amides is 1. The van der Waals surface area contributed by atoms with Crippen LogP contribution in [0.1, 0.15) is 24.8 Å². The molecule has 0 unspecified atom stereocenters. The summed E-state index contributed by atoms with van der Waals surface area (Å²) in [6, 6.07) is 5.00. The molecule has 2 rings (SSSR count). The number of phenolic OH excluding ortho intramolecular Hbond substituents is 1. The fourth-order valence-electron chi connectivity index (χ4n) is 2.04. The third-order valence-electron chi connectivity index (χ3n) is 3.09. The Bertz CT molecular complexity index is 412. The summed E-state index contributed by atoms with van der Waals surface area (Å²) >= 11 is 0. The Morgan fingerprint density at radius 3 is 2.94 bits per heavy atom. The summed E-state index contributed by atoms with van der Waals surface area (Å²) in [5.41, 5.74) is 1.50. The molecule has 1 aliphatic heterocycles. The van der Waals surface area contributed by atoms with Crippen LogP contribution in [0, 0.1) is 6.92 Å².